The van der Waals surface area contributed by atoms with Crippen molar-refractivity contribution in [1.29, 1.82) is 0 Å². The monoisotopic (exact) mass is 299 g/mol. The molecule has 2 aromatic rings. The Kier molecular flexibility index (Phi) is 5.19. The molecular weight excluding hydrogens is 274 g/mol. The SMILES string of the molecule is CCn1nc(CNCC2CCNCC2)c(-c2ccccc2)n1. The maximum absolute atomic E-state index is 4.62. The van der Waals surface area contributed by atoms with Gasteiger partial charge >= 0.3 is 0 Å². The van der Waals surface area contributed by atoms with E-state index in [2.05, 4.69) is 39.9 Å². The lowest BCUT2D eigenvalue weighted by Gasteiger charge is -2.22. The van der Waals surface area contributed by atoms with Crippen LogP contribution < -0.4 is 10.6 Å². The Labute approximate surface area is 132 Å². The van der Waals surface area contributed by atoms with E-state index in [-0.39, 0.29) is 0 Å². The highest BCUT2D eigenvalue weighted by Gasteiger charge is 2.15. The number of hydrogen-bond donors (Lipinski definition) is 2. The summed E-state index contributed by atoms with van der Waals surface area (Å²) in [6.07, 6.45) is 2.53. The van der Waals surface area contributed by atoms with E-state index in [1.54, 1.807) is 4.80 Å². The van der Waals surface area contributed by atoms with Crippen LogP contribution in [0.3, 0.4) is 0 Å². The largest absolute Gasteiger partial charge is 0.317 e. The molecule has 0 amide bonds. The maximum atomic E-state index is 4.62. The predicted octanol–water partition coefficient (Wildman–Crippen LogP) is 2.05. The van der Waals surface area contributed by atoms with Gasteiger partial charge in [0.25, 0.3) is 0 Å². The Balaban J connectivity index is 1.66. The van der Waals surface area contributed by atoms with Crippen LogP contribution in [0, 0.1) is 5.92 Å². The molecule has 22 heavy (non-hydrogen) atoms. The molecule has 0 unspecified atom stereocenters. The van der Waals surface area contributed by atoms with Gasteiger partial charge in [-0.3, -0.25) is 0 Å². The van der Waals surface area contributed by atoms with Crippen LogP contribution in [-0.2, 0) is 13.1 Å². The topological polar surface area (TPSA) is 54.8 Å². The molecule has 118 valence electrons. The van der Waals surface area contributed by atoms with E-state index in [1.165, 1.54) is 12.8 Å². The average Bonchev–Trinajstić information content (AvgIpc) is 3.00. The van der Waals surface area contributed by atoms with Gasteiger partial charge in [0.05, 0.1) is 6.54 Å². The second-order valence-corrected chi connectivity index (χ2v) is 5.87. The Hall–Kier alpha value is -1.72. The highest BCUT2D eigenvalue weighted by atomic mass is 15.5. The van der Waals surface area contributed by atoms with Crippen molar-refractivity contribution in [3.05, 3.63) is 36.0 Å². The van der Waals surface area contributed by atoms with Gasteiger partial charge in [0.2, 0.25) is 0 Å². The Bertz CT molecular complexity index is 572. The Morgan fingerprint density at radius 3 is 2.68 bits per heavy atom. The van der Waals surface area contributed by atoms with Gasteiger partial charge < -0.3 is 10.6 Å². The second-order valence-electron chi connectivity index (χ2n) is 5.87. The second kappa shape index (κ2) is 7.51. The van der Waals surface area contributed by atoms with E-state index in [0.717, 1.165) is 55.6 Å². The first-order chi connectivity index (χ1) is 10.9. The number of rotatable bonds is 6. The van der Waals surface area contributed by atoms with E-state index in [0.29, 0.717) is 0 Å². The summed E-state index contributed by atoms with van der Waals surface area (Å²) in [5.41, 5.74) is 3.18. The first-order valence-electron chi connectivity index (χ1n) is 8.27. The summed E-state index contributed by atoms with van der Waals surface area (Å²) < 4.78 is 0. The van der Waals surface area contributed by atoms with Crippen LogP contribution in [-0.4, -0.2) is 34.6 Å². The fraction of sp³-hybridized carbons (Fsp3) is 0.529. The van der Waals surface area contributed by atoms with Gasteiger partial charge in [0.1, 0.15) is 11.4 Å². The van der Waals surface area contributed by atoms with Crippen LogP contribution >= 0.6 is 0 Å². The number of nitrogens with zero attached hydrogens (tertiary/aromatic N) is 3. The minimum absolute atomic E-state index is 0.780. The first kappa shape index (κ1) is 15.2. The summed E-state index contributed by atoms with van der Waals surface area (Å²) in [6, 6.07) is 10.3. The maximum Gasteiger partial charge on any atom is 0.117 e. The lowest BCUT2D eigenvalue weighted by atomic mass is 9.98. The van der Waals surface area contributed by atoms with Gasteiger partial charge in [0.15, 0.2) is 0 Å². The van der Waals surface area contributed by atoms with Crippen molar-refractivity contribution >= 4 is 0 Å². The van der Waals surface area contributed by atoms with Crippen molar-refractivity contribution in [3.63, 3.8) is 0 Å². The third kappa shape index (κ3) is 3.72. The third-order valence-corrected chi connectivity index (χ3v) is 4.24. The summed E-state index contributed by atoms with van der Waals surface area (Å²) in [6.45, 7) is 7.01. The molecule has 0 saturated carbocycles. The molecule has 0 bridgehead atoms. The molecule has 0 aliphatic carbocycles. The van der Waals surface area contributed by atoms with Crippen LogP contribution in [0.4, 0.5) is 0 Å². The van der Waals surface area contributed by atoms with Crippen molar-refractivity contribution in [2.24, 2.45) is 5.92 Å². The standard InChI is InChI=1S/C17H25N5/c1-2-22-20-16(13-19-12-14-8-10-18-11-9-14)17(21-22)15-6-4-3-5-7-15/h3-7,14,18-19H,2,8-13H2,1H3. The van der Waals surface area contributed by atoms with Crippen molar-refractivity contribution in [2.75, 3.05) is 19.6 Å². The van der Waals surface area contributed by atoms with E-state index < -0.39 is 0 Å². The summed E-state index contributed by atoms with van der Waals surface area (Å²) >= 11 is 0. The number of hydrogen-bond acceptors (Lipinski definition) is 4. The molecule has 1 fully saturated rings. The molecule has 0 atom stereocenters. The Morgan fingerprint density at radius 2 is 1.95 bits per heavy atom. The van der Waals surface area contributed by atoms with Gasteiger partial charge in [-0.05, 0) is 45.3 Å². The molecule has 1 aliphatic heterocycles. The minimum atomic E-state index is 0.780. The molecule has 5 nitrogen and oxygen atoms in total. The molecule has 0 radical (unpaired) electrons. The number of benzene rings is 1. The lowest BCUT2D eigenvalue weighted by molar-refractivity contribution is 0.355. The number of aromatic nitrogens is 3. The van der Waals surface area contributed by atoms with Gasteiger partial charge in [-0.15, -0.1) is 0 Å². The van der Waals surface area contributed by atoms with Crippen LogP contribution in [0.25, 0.3) is 11.3 Å². The molecule has 0 spiro atoms. The first-order valence-corrected chi connectivity index (χ1v) is 8.27. The van der Waals surface area contributed by atoms with Gasteiger partial charge in [-0.25, -0.2) is 0 Å². The molecule has 1 aliphatic rings. The van der Waals surface area contributed by atoms with Gasteiger partial charge in [-0.1, -0.05) is 30.3 Å². The fourth-order valence-corrected chi connectivity index (χ4v) is 2.94. The predicted molar refractivity (Wildman–Crippen MR) is 88.4 cm³/mol. The highest BCUT2D eigenvalue weighted by Crippen LogP contribution is 2.20. The molecular formula is C17H25N5. The summed E-state index contributed by atoms with van der Waals surface area (Å²) in [7, 11) is 0. The van der Waals surface area contributed by atoms with Crippen LogP contribution in [0.5, 0.6) is 0 Å². The summed E-state index contributed by atoms with van der Waals surface area (Å²) in [5, 5.41) is 16.2. The summed E-state index contributed by atoms with van der Waals surface area (Å²) in [4.78, 5) is 1.78. The molecule has 2 N–H and O–H groups in total. The van der Waals surface area contributed by atoms with Crippen molar-refractivity contribution in [1.82, 2.24) is 25.6 Å². The Morgan fingerprint density at radius 1 is 1.18 bits per heavy atom. The van der Waals surface area contributed by atoms with Crippen molar-refractivity contribution in [3.8, 4) is 11.3 Å². The molecule has 3 rings (SSSR count). The van der Waals surface area contributed by atoms with Crippen LogP contribution in [0.15, 0.2) is 30.3 Å². The van der Waals surface area contributed by atoms with Crippen molar-refractivity contribution < 1.29 is 0 Å². The highest BCUT2D eigenvalue weighted by molar-refractivity contribution is 5.60. The lowest BCUT2D eigenvalue weighted by Crippen LogP contribution is -2.33. The van der Waals surface area contributed by atoms with E-state index in [9.17, 15) is 0 Å². The number of piperidine rings is 1. The normalized spacial score (nSPS) is 16.0. The molecule has 1 aromatic carbocycles. The van der Waals surface area contributed by atoms with Crippen LogP contribution in [0.2, 0.25) is 0 Å². The minimum Gasteiger partial charge on any atom is -0.317 e. The number of nitrogens with one attached hydrogen (secondary N) is 2. The average molecular weight is 299 g/mol. The van der Waals surface area contributed by atoms with Gasteiger partial charge in [0, 0.05) is 12.1 Å². The molecule has 1 aromatic heterocycles. The van der Waals surface area contributed by atoms with Crippen molar-refractivity contribution in [2.45, 2.75) is 32.9 Å². The molecule has 5 heteroatoms. The quantitative estimate of drug-likeness (QED) is 0.857. The summed E-state index contributed by atoms with van der Waals surface area (Å²) in [5.74, 6) is 0.780. The molecule has 1 saturated heterocycles. The van der Waals surface area contributed by atoms with Gasteiger partial charge in [-0.2, -0.15) is 15.0 Å². The van der Waals surface area contributed by atoms with E-state index in [4.69, 9.17) is 0 Å². The third-order valence-electron chi connectivity index (χ3n) is 4.24. The zero-order chi connectivity index (χ0) is 15.2. The number of aryl methyl sites for hydroxylation is 1. The smallest absolute Gasteiger partial charge is 0.117 e. The molecule has 2 heterocycles. The zero-order valence-electron chi connectivity index (χ0n) is 13.3. The van der Waals surface area contributed by atoms with E-state index in [1.807, 2.05) is 18.2 Å². The van der Waals surface area contributed by atoms with Crippen LogP contribution in [0.1, 0.15) is 25.5 Å². The zero-order valence-corrected chi connectivity index (χ0v) is 13.3. The fourth-order valence-electron chi connectivity index (χ4n) is 2.94. The van der Waals surface area contributed by atoms with E-state index >= 15 is 0 Å².